The van der Waals surface area contributed by atoms with Gasteiger partial charge in [0.05, 0.1) is 25.5 Å². The number of nitrogens with zero attached hydrogens (tertiary/aromatic N) is 7. The zero-order valence-electron chi connectivity index (χ0n) is 20.0. The molecule has 190 valence electrons. The Kier molecular flexibility index (Phi) is 7.68. The van der Waals surface area contributed by atoms with Crippen LogP contribution in [0.5, 0.6) is 5.75 Å². The second kappa shape index (κ2) is 11.1. The Morgan fingerprint density at radius 1 is 1.31 bits per heavy atom. The molecule has 13 heteroatoms. The fraction of sp³-hybridized carbons (Fsp3) is 0.391. The number of anilines is 2. The maximum atomic E-state index is 15.4. The Hall–Kier alpha value is -4.13. The minimum Gasteiger partial charge on any atom is -0.494 e. The van der Waals surface area contributed by atoms with E-state index in [-0.39, 0.29) is 35.1 Å². The van der Waals surface area contributed by atoms with Crippen LogP contribution in [0.2, 0.25) is 0 Å². The lowest BCUT2D eigenvalue weighted by molar-refractivity contribution is -0.107. The van der Waals surface area contributed by atoms with Crippen LogP contribution in [-0.2, 0) is 11.3 Å². The van der Waals surface area contributed by atoms with Gasteiger partial charge in [0.25, 0.3) is 0 Å². The van der Waals surface area contributed by atoms with Gasteiger partial charge < -0.3 is 20.1 Å². The monoisotopic (exact) mass is 498 g/mol. The number of hydrogen-bond donors (Lipinski definition) is 2. The number of aromatic carboxylic acids is 1. The maximum Gasteiger partial charge on any atom is 0.358 e. The number of amides is 1. The maximum absolute atomic E-state index is 15.4. The van der Waals surface area contributed by atoms with Gasteiger partial charge in [-0.15, -0.1) is 5.10 Å². The van der Waals surface area contributed by atoms with Crippen molar-refractivity contribution >= 4 is 24.0 Å². The summed E-state index contributed by atoms with van der Waals surface area (Å²) in [6.07, 6.45) is 6.76. The lowest BCUT2D eigenvalue weighted by Gasteiger charge is -2.29. The third-order valence-corrected chi connectivity index (χ3v) is 6.17. The van der Waals surface area contributed by atoms with Gasteiger partial charge in [-0.25, -0.2) is 23.8 Å². The fourth-order valence-electron chi connectivity index (χ4n) is 4.10. The third-order valence-electron chi connectivity index (χ3n) is 6.17. The number of carbonyl (C=O) groups is 2. The van der Waals surface area contributed by atoms with E-state index in [0.717, 1.165) is 36.8 Å². The SMILES string of the molecule is COc1ccc(-n2cc(C(=O)O)nn2)c(CN(C=O)c2nccnc2NCC2CCN(C)CC2)c1F. The molecular weight excluding hydrogens is 471 g/mol. The van der Waals surface area contributed by atoms with E-state index in [0.29, 0.717) is 24.7 Å². The second-order valence-corrected chi connectivity index (χ2v) is 8.52. The Labute approximate surface area is 206 Å². The van der Waals surface area contributed by atoms with Crippen molar-refractivity contribution < 1.29 is 23.8 Å². The number of carboxylic acids is 1. The molecule has 3 aromatic rings. The Morgan fingerprint density at radius 2 is 2.06 bits per heavy atom. The van der Waals surface area contributed by atoms with Gasteiger partial charge in [-0.2, -0.15) is 0 Å². The van der Waals surface area contributed by atoms with Crippen molar-refractivity contribution in [1.29, 1.82) is 0 Å². The first-order valence-electron chi connectivity index (χ1n) is 11.4. The molecule has 36 heavy (non-hydrogen) atoms. The molecule has 2 aromatic heterocycles. The Balaban J connectivity index is 1.63. The van der Waals surface area contributed by atoms with Crippen LogP contribution in [0, 0.1) is 11.7 Å². The zero-order chi connectivity index (χ0) is 25.7. The summed E-state index contributed by atoms with van der Waals surface area (Å²) >= 11 is 0. The van der Waals surface area contributed by atoms with E-state index < -0.39 is 11.8 Å². The largest absolute Gasteiger partial charge is 0.494 e. The van der Waals surface area contributed by atoms with Gasteiger partial charge in [0.1, 0.15) is 0 Å². The molecule has 0 spiro atoms. The number of carboxylic acid groups (broad SMARTS) is 1. The summed E-state index contributed by atoms with van der Waals surface area (Å²) in [5.41, 5.74) is -0.0705. The van der Waals surface area contributed by atoms with E-state index in [1.165, 1.54) is 36.5 Å². The summed E-state index contributed by atoms with van der Waals surface area (Å²) in [6, 6.07) is 2.90. The zero-order valence-corrected chi connectivity index (χ0v) is 20.0. The molecule has 1 saturated heterocycles. The van der Waals surface area contributed by atoms with Crippen LogP contribution in [0.4, 0.5) is 16.0 Å². The van der Waals surface area contributed by atoms with Crippen molar-refractivity contribution in [2.45, 2.75) is 19.4 Å². The number of halogens is 1. The van der Waals surface area contributed by atoms with Crippen molar-refractivity contribution in [2.24, 2.45) is 5.92 Å². The van der Waals surface area contributed by atoms with E-state index in [2.05, 4.69) is 37.5 Å². The van der Waals surface area contributed by atoms with Crippen LogP contribution in [0.25, 0.3) is 5.69 Å². The molecule has 0 saturated carbocycles. The number of hydrogen-bond acceptors (Lipinski definition) is 9. The molecule has 1 amide bonds. The van der Waals surface area contributed by atoms with Gasteiger partial charge in [-0.05, 0) is 51.0 Å². The van der Waals surface area contributed by atoms with Gasteiger partial charge in [0.2, 0.25) is 6.41 Å². The number of piperidine rings is 1. The van der Waals surface area contributed by atoms with Gasteiger partial charge in [0, 0.05) is 24.5 Å². The van der Waals surface area contributed by atoms with Gasteiger partial charge >= 0.3 is 5.97 Å². The smallest absolute Gasteiger partial charge is 0.358 e. The minimum absolute atomic E-state index is 0.0372. The summed E-state index contributed by atoms with van der Waals surface area (Å²) in [5, 5.41) is 19.9. The Morgan fingerprint density at radius 3 is 2.72 bits per heavy atom. The summed E-state index contributed by atoms with van der Waals surface area (Å²) in [6.45, 7) is 2.46. The van der Waals surface area contributed by atoms with E-state index in [9.17, 15) is 14.7 Å². The number of rotatable bonds is 10. The highest BCUT2D eigenvalue weighted by atomic mass is 19.1. The summed E-state index contributed by atoms with van der Waals surface area (Å²) in [7, 11) is 3.42. The highest BCUT2D eigenvalue weighted by Crippen LogP contribution is 2.30. The molecule has 12 nitrogen and oxygen atoms in total. The minimum atomic E-state index is -1.27. The molecule has 0 bridgehead atoms. The normalized spacial score (nSPS) is 14.4. The number of aromatic nitrogens is 5. The Bertz CT molecular complexity index is 1230. The van der Waals surface area contributed by atoms with E-state index >= 15 is 4.39 Å². The standard InChI is InChI=1S/C23H27FN8O4/c1-30-9-5-15(6-10-30)11-27-21-22(26-8-7-25-21)31(14-33)12-16-18(3-4-19(36-2)20(16)24)32-13-17(23(34)35)28-29-32/h3-4,7-8,13-15H,5-6,9-12H2,1-2H3,(H,25,27)(H,34,35). The van der Waals surface area contributed by atoms with Gasteiger partial charge in [-0.3, -0.25) is 9.69 Å². The van der Waals surface area contributed by atoms with E-state index in [4.69, 9.17) is 4.74 Å². The number of benzene rings is 1. The number of ether oxygens (including phenoxy) is 1. The number of nitrogens with one attached hydrogen (secondary N) is 1. The van der Waals surface area contributed by atoms with Crippen molar-refractivity contribution in [1.82, 2.24) is 29.9 Å². The molecule has 0 radical (unpaired) electrons. The molecular formula is C23H27FN8O4. The lowest BCUT2D eigenvalue weighted by Crippen LogP contribution is -2.33. The molecule has 1 aliphatic heterocycles. The molecule has 4 rings (SSSR count). The average Bonchev–Trinajstić information content (AvgIpc) is 3.38. The first kappa shape index (κ1) is 25.0. The highest BCUT2D eigenvalue weighted by Gasteiger charge is 2.23. The molecule has 1 aromatic carbocycles. The topological polar surface area (TPSA) is 139 Å². The third kappa shape index (κ3) is 5.40. The molecule has 0 aliphatic carbocycles. The van der Waals surface area contributed by atoms with Gasteiger partial charge in [-0.1, -0.05) is 5.21 Å². The second-order valence-electron chi connectivity index (χ2n) is 8.52. The summed E-state index contributed by atoms with van der Waals surface area (Å²) in [4.78, 5) is 35.6. The molecule has 1 aliphatic rings. The number of carbonyl (C=O) groups excluding carboxylic acids is 1. The average molecular weight is 499 g/mol. The molecule has 1 fully saturated rings. The lowest BCUT2D eigenvalue weighted by atomic mass is 9.97. The van der Waals surface area contributed by atoms with Crippen molar-refractivity contribution in [3.8, 4) is 11.4 Å². The molecule has 3 heterocycles. The van der Waals surface area contributed by atoms with Gasteiger partial charge in [0.15, 0.2) is 28.9 Å². The van der Waals surface area contributed by atoms with E-state index in [1.807, 2.05) is 0 Å². The van der Waals surface area contributed by atoms with Crippen LogP contribution < -0.4 is 15.0 Å². The van der Waals surface area contributed by atoms with Crippen LogP contribution >= 0.6 is 0 Å². The predicted octanol–water partition coefficient (Wildman–Crippen LogP) is 1.82. The fourth-order valence-corrected chi connectivity index (χ4v) is 4.10. The van der Waals surface area contributed by atoms with Crippen molar-refractivity contribution in [2.75, 3.05) is 44.0 Å². The summed E-state index contributed by atoms with van der Waals surface area (Å²) in [5.74, 6) is -0.942. The first-order valence-corrected chi connectivity index (χ1v) is 11.4. The van der Waals surface area contributed by atoms with Crippen LogP contribution in [0.3, 0.4) is 0 Å². The quantitative estimate of drug-likeness (QED) is 0.398. The van der Waals surface area contributed by atoms with Crippen LogP contribution in [0.1, 0.15) is 28.9 Å². The van der Waals surface area contributed by atoms with Crippen LogP contribution in [-0.4, -0.2) is 81.1 Å². The predicted molar refractivity (Wildman–Crippen MR) is 128 cm³/mol. The van der Waals surface area contributed by atoms with E-state index in [1.54, 1.807) is 0 Å². The molecule has 0 atom stereocenters. The molecule has 2 N–H and O–H groups in total. The molecule has 0 unspecified atom stereocenters. The number of likely N-dealkylation sites (tertiary alicyclic amines) is 1. The summed E-state index contributed by atoms with van der Waals surface area (Å²) < 4.78 is 21.7. The van der Waals surface area contributed by atoms with Crippen LogP contribution in [0.15, 0.2) is 30.7 Å². The highest BCUT2D eigenvalue weighted by molar-refractivity contribution is 5.85. The number of methoxy groups -OCH3 is 1. The van der Waals surface area contributed by atoms with Crippen molar-refractivity contribution in [3.05, 3.63) is 47.8 Å². The van der Waals surface area contributed by atoms with Crippen molar-refractivity contribution in [3.63, 3.8) is 0 Å². The first-order chi connectivity index (χ1) is 17.4.